The van der Waals surface area contributed by atoms with Crippen molar-refractivity contribution in [3.8, 4) is 11.5 Å². The number of aromatic nitrogens is 5. The van der Waals surface area contributed by atoms with Gasteiger partial charge in [0.05, 0.1) is 11.9 Å². The molecule has 0 aromatic carbocycles. The Morgan fingerprint density at radius 1 is 1.26 bits per heavy atom. The van der Waals surface area contributed by atoms with Crippen molar-refractivity contribution in [3.05, 3.63) is 63.4 Å². The molecular formula is C24H23ClN6O3. The SMILES string of the molecule is CC(=O)Cc1cc(Oc2cnc3nc(Nc4cc(C5CC5)cn(C)c4=O)n(C)c3c2Cl)ccn1. The number of imidazole rings is 1. The molecule has 4 aromatic rings. The van der Waals surface area contributed by atoms with Gasteiger partial charge in [0.2, 0.25) is 5.95 Å². The minimum absolute atomic E-state index is 0.0122. The fraction of sp³-hybridized carbons (Fsp3) is 0.292. The molecule has 1 N–H and O–H groups in total. The third kappa shape index (κ3) is 4.26. The van der Waals surface area contributed by atoms with Gasteiger partial charge in [-0.3, -0.25) is 14.6 Å². The van der Waals surface area contributed by atoms with Gasteiger partial charge >= 0.3 is 0 Å². The highest BCUT2D eigenvalue weighted by Gasteiger charge is 2.25. The van der Waals surface area contributed by atoms with Crippen LogP contribution < -0.4 is 15.6 Å². The van der Waals surface area contributed by atoms with E-state index in [0.29, 0.717) is 50.9 Å². The van der Waals surface area contributed by atoms with E-state index in [4.69, 9.17) is 16.3 Å². The number of nitrogens with zero attached hydrogens (tertiary/aromatic N) is 5. The molecule has 0 radical (unpaired) electrons. The third-order valence-electron chi connectivity index (χ3n) is 5.75. The van der Waals surface area contributed by atoms with Gasteiger partial charge < -0.3 is 19.2 Å². The summed E-state index contributed by atoms with van der Waals surface area (Å²) in [4.78, 5) is 37.2. The number of anilines is 2. The van der Waals surface area contributed by atoms with Gasteiger partial charge in [-0.1, -0.05) is 11.6 Å². The van der Waals surface area contributed by atoms with E-state index in [-0.39, 0.29) is 17.8 Å². The standard InChI is InChI=1S/C24H23ClN6O3/c1-13(32)8-16-10-17(6-7-26-16)34-19-11-27-22-21(20(19)25)31(3)24(29-22)28-18-9-15(14-4-5-14)12-30(2)23(18)33/h6-7,9-12,14H,4-5,8H2,1-3H3,(H,27,28,29). The first-order chi connectivity index (χ1) is 16.3. The zero-order valence-electron chi connectivity index (χ0n) is 19.0. The summed E-state index contributed by atoms with van der Waals surface area (Å²) >= 11 is 6.68. The highest BCUT2D eigenvalue weighted by atomic mass is 35.5. The maximum atomic E-state index is 12.7. The average Bonchev–Trinajstić information content (AvgIpc) is 3.58. The van der Waals surface area contributed by atoms with Crippen LogP contribution in [0.3, 0.4) is 0 Å². The molecule has 9 nitrogen and oxygen atoms in total. The molecule has 1 aliphatic carbocycles. The molecule has 0 saturated heterocycles. The van der Waals surface area contributed by atoms with Crippen LogP contribution in [0, 0.1) is 0 Å². The number of hydrogen-bond donors (Lipinski definition) is 1. The van der Waals surface area contributed by atoms with E-state index < -0.39 is 0 Å². The van der Waals surface area contributed by atoms with E-state index >= 15 is 0 Å². The van der Waals surface area contributed by atoms with Crippen LogP contribution in [0.4, 0.5) is 11.6 Å². The van der Waals surface area contributed by atoms with E-state index in [1.807, 2.05) is 12.3 Å². The summed E-state index contributed by atoms with van der Waals surface area (Å²) < 4.78 is 9.28. The summed E-state index contributed by atoms with van der Waals surface area (Å²) in [6.45, 7) is 1.51. The van der Waals surface area contributed by atoms with Crippen LogP contribution in [-0.4, -0.2) is 29.9 Å². The van der Waals surface area contributed by atoms with E-state index in [1.165, 1.54) is 13.1 Å². The Morgan fingerprint density at radius 3 is 2.79 bits per heavy atom. The van der Waals surface area contributed by atoms with Crippen LogP contribution in [0.15, 0.2) is 41.6 Å². The van der Waals surface area contributed by atoms with Crippen LogP contribution in [0.25, 0.3) is 11.2 Å². The Morgan fingerprint density at radius 2 is 2.06 bits per heavy atom. The number of pyridine rings is 3. The first-order valence-corrected chi connectivity index (χ1v) is 11.3. The highest BCUT2D eigenvalue weighted by Crippen LogP contribution is 2.40. The number of rotatable bonds is 7. The topological polar surface area (TPSA) is 104 Å². The lowest BCUT2D eigenvalue weighted by atomic mass is 10.2. The fourth-order valence-electron chi connectivity index (χ4n) is 3.88. The lowest BCUT2D eigenvalue weighted by Gasteiger charge is -2.11. The molecule has 5 rings (SSSR count). The maximum absolute atomic E-state index is 12.7. The van der Waals surface area contributed by atoms with Gasteiger partial charge in [-0.2, -0.15) is 4.98 Å². The Kier molecular flexibility index (Phi) is 5.57. The zero-order chi connectivity index (χ0) is 24.0. The molecule has 0 aliphatic heterocycles. The first-order valence-electron chi connectivity index (χ1n) is 10.9. The normalized spacial score (nSPS) is 13.3. The number of ether oxygens (including phenoxy) is 1. The van der Waals surface area contributed by atoms with Gasteiger partial charge in [0, 0.05) is 39.0 Å². The van der Waals surface area contributed by atoms with E-state index in [9.17, 15) is 9.59 Å². The molecule has 0 atom stereocenters. The summed E-state index contributed by atoms with van der Waals surface area (Å²) in [5, 5.41) is 3.49. The van der Waals surface area contributed by atoms with Crippen molar-refractivity contribution < 1.29 is 9.53 Å². The molecule has 0 bridgehead atoms. The van der Waals surface area contributed by atoms with Gasteiger partial charge in [0.15, 0.2) is 11.4 Å². The van der Waals surface area contributed by atoms with Crippen molar-refractivity contribution in [2.24, 2.45) is 14.1 Å². The largest absolute Gasteiger partial charge is 0.454 e. The van der Waals surface area contributed by atoms with Gasteiger partial charge in [-0.25, -0.2) is 4.98 Å². The van der Waals surface area contributed by atoms with Crippen LogP contribution in [0.1, 0.15) is 36.9 Å². The number of aryl methyl sites for hydroxylation is 2. The minimum Gasteiger partial charge on any atom is -0.454 e. The van der Waals surface area contributed by atoms with E-state index in [0.717, 1.165) is 18.4 Å². The van der Waals surface area contributed by atoms with Crippen LogP contribution in [0.5, 0.6) is 11.5 Å². The number of halogens is 1. The fourth-order valence-corrected chi connectivity index (χ4v) is 4.18. The summed E-state index contributed by atoms with van der Waals surface area (Å²) in [6, 6.07) is 5.27. The van der Waals surface area contributed by atoms with Gasteiger partial charge in [0.1, 0.15) is 27.8 Å². The molecule has 0 amide bonds. The number of fused-ring (bicyclic) bond motifs is 1. The number of hydrogen-bond acceptors (Lipinski definition) is 7. The first kappa shape index (κ1) is 22.1. The van der Waals surface area contributed by atoms with Crippen molar-refractivity contribution >= 4 is 40.2 Å². The molecule has 10 heteroatoms. The van der Waals surface area contributed by atoms with Gasteiger partial charge in [0.25, 0.3) is 5.56 Å². The number of nitrogens with one attached hydrogen (secondary N) is 1. The molecular weight excluding hydrogens is 456 g/mol. The maximum Gasteiger partial charge on any atom is 0.274 e. The molecule has 34 heavy (non-hydrogen) atoms. The second-order valence-electron chi connectivity index (χ2n) is 8.57. The molecule has 4 aromatic heterocycles. The number of Topliss-reactive ketones (excluding diaryl/α,β-unsaturated/α-hetero) is 1. The van der Waals surface area contributed by atoms with Crippen LogP contribution >= 0.6 is 11.6 Å². The highest BCUT2D eigenvalue weighted by molar-refractivity contribution is 6.36. The van der Waals surface area contributed by atoms with Crippen molar-refractivity contribution in [1.29, 1.82) is 0 Å². The molecule has 1 saturated carbocycles. The van der Waals surface area contributed by atoms with Crippen LogP contribution in [-0.2, 0) is 25.3 Å². The Bertz CT molecular complexity index is 1490. The smallest absolute Gasteiger partial charge is 0.274 e. The van der Waals surface area contributed by atoms with Crippen molar-refractivity contribution in [3.63, 3.8) is 0 Å². The minimum atomic E-state index is -0.140. The summed E-state index contributed by atoms with van der Waals surface area (Å²) in [6.07, 6.45) is 7.47. The molecule has 0 unspecified atom stereocenters. The van der Waals surface area contributed by atoms with Crippen molar-refractivity contribution in [2.75, 3.05) is 5.32 Å². The summed E-state index contributed by atoms with van der Waals surface area (Å²) in [5.41, 5.74) is 3.04. The number of ketones is 1. The Hall–Kier alpha value is -3.72. The second kappa shape index (κ2) is 8.57. The average molecular weight is 479 g/mol. The van der Waals surface area contributed by atoms with E-state index in [2.05, 4.69) is 20.3 Å². The quantitative estimate of drug-likeness (QED) is 0.423. The predicted molar refractivity (Wildman–Crippen MR) is 129 cm³/mol. The van der Waals surface area contributed by atoms with Gasteiger partial charge in [-0.05, 0) is 43.4 Å². The monoisotopic (exact) mass is 478 g/mol. The molecule has 174 valence electrons. The molecule has 1 aliphatic rings. The second-order valence-corrected chi connectivity index (χ2v) is 8.95. The lowest BCUT2D eigenvalue weighted by Crippen LogP contribution is -2.20. The third-order valence-corrected chi connectivity index (χ3v) is 6.12. The van der Waals surface area contributed by atoms with Gasteiger partial charge in [-0.15, -0.1) is 0 Å². The Labute approximate surface area is 200 Å². The Balaban J connectivity index is 1.47. The van der Waals surface area contributed by atoms with Crippen molar-refractivity contribution in [2.45, 2.75) is 32.1 Å². The van der Waals surface area contributed by atoms with E-state index in [1.54, 1.807) is 41.6 Å². The number of carbonyl (C=O) groups is 1. The predicted octanol–water partition coefficient (Wildman–Crippen LogP) is 4.26. The summed E-state index contributed by atoms with van der Waals surface area (Å²) in [7, 11) is 3.54. The number of carbonyl (C=O) groups excluding carboxylic acids is 1. The zero-order valence-corrected chi connectivity index (χ0v) is 19.8. The van der Waals surface area contributed by atoms with Crippen molar-refractivity contribution in [1.82, 2.24) is 24.1 Å². The molecule has 4 heterocycles. The van der Waals surface area contributed by atoms with Crippen LogP contribution in [0.2, 0.25) is 5.02 Å². The summed E-state index contributed by atoms with van der Waals surface area (Å²) in [5.74, 6) is 1.80. The molecule has 1 fully saturated rings. The molecule has 0 spiro atoms. The lowest BCUT2D eigenvalue weighted by molar-refractivity contribution is -0.116.